The summed E-state index contributed by atoms with van der Waals surface area (Å²) in [6.45, 7) is 2.02. The Hall–Kier alpha value is -2.28. The van der Waals surface area contributed by atoms with Crippen LogP contribution in [0.5, 0.6) is 0 Å². The van der Waals surface area contributed by atoms with Crippen LogP contribution >= 0.6 is 0 Å². The topological polar surface area (TPSA) is 56.1 Å². The predicted molar refractivity (Wildman–Crippen MR) is 71.8 cm³/mol. The zero-order valence-electron chi connectivity index (χ0n) is 10.9. The minimum absolute atomic E-state index is 0.0888. The Morgan fingerprint density at radius 2 is 2.11 bits per heavy atom. The van der Waals surface area contributed by atoms with E-state index in [1.165, 1.54) is 6.20 Å². The summed E-state index contributed by atoms with van der Waals surface area (Å²) in [6, 6.07) is 9.47. The van der Waals surface area contributed by atoms with Crippen molar-refractivity contribution in [3.05, 3.63) is 41.6 Å². The Balaban J connectivity index is 2.91. The molecule has 0 unspecified atom stereocenters. The summed E-state index contributed by atoms with van der Waals surface area (Å²) in [5, 5.41) is 11.7. The number of para-hydroxylation sites is 1. The molecule has 0 saturated heterocycles. The second kappa shape index (κ2) is 6.45. The minimum Gasteiger partial charge on any atom is -0.382 e. The van der Waals surface area contributed by atoms with Crippen molar-refractivity contribution < 1.29 is 4.79 Å². The number of anilines is 1. The fourth-order valence-electron chi connectivity index (χ4n) is 1.54. The summed E-state index contributed by atoms with van der Waals surface area (Å²) in [5.74, 6) is -0.382. The third kappa shape index (κ3) is 3.63. The van der Waals surface area contributed by atoms with E-state index in [1.54, 1.807) is 19.0 Å². The van der Waals surface area contributed by atoms with Gasteiger partial charge in [0.25, 0.3) is 5.91 Å². The van der Waals surface area contributed by atoms with Crippen molar-refractivity contribution in [2.24, 2.45) is 0 Å². The van der Waals surface area contributed by atoms with Gasteiger partial charge in [-0.2, -0.15) is 5.26 Å². The number of aryl methyl sites for hydroxylation is 1. The molecule has 1 aromatic carbocycles. The molecule has 0 bridgehead atoms. The van der Waals surface area contributed by atoms with E-state index in [-0.39, 0.29) is 11.5 Å². The molecular formula is C14H17N3O. The lowest BCUT2D eigenvalue weighted by atomic mass is 10.1. The summed E-state index contributed by atoms with van der Waals surface area (Å²) in [5.41, 5.74) is 1.89. The van der Waals surface area contributed by atoms with Gasteiger partial charge >= 0.3 is 0 Å². The van der Waals surface area contributed by atoms with E-state index in [0.29, 0.717) is 0 Å². The van der Waals surface area contributed by atoms with Gasteiger partial charge in [0.1, 0.15) is 11.6 Å². The van der Waals surface area contributed by atoms with Crippen LogP contribution in [0, 0.1) is 11.3 Å². The highest BCUT2D eigenvalue weighted by atomic mass is 16.1. The predicted octanol–water partition coefficient (Wildman–Crippen LogP) is 2.16. The molecule has 1 aromatic rings. The number of nitriles is 1. The first-order chi connectivity index (χ1) is 8.58. The highest BCUT2D eigenvalue weighted by Crippen LogP contribution is 2.16. The number of carbonyl (C=O) groups excluding carboxylic acids is 1. The molecule has 1 amide bonds. The van der Waals surface area contributed by atoms with Gasteiger partial charge < -0.3 is 10.2 Å². The number of nitrogens with one attached hydrogen (secondary N) is 1. The summed E-state index contributed by atoms with van der Waals surface area (Å²) >= 11 is 0. The molecule has 0 fully saturated rings. The number of nitrogens with zero attached hydrogens (tertiary/aromatic N) is 2. The number of carbonyl (C=O) groups is 1. The number of benzene rings is 1. The van der Waals surface area contributed by atoms with E-state index >= 15 is 0 Å². The molecule has 94 valence electrons. The highest BCUT2D eigenvalue weighted by molar-refractivity contribution is 6.06. The molecule has 0 spiro atoms. The van der Waals surface area contributed by atoms with E-state index in [4.69, 9.17) is 5.26 Å². The third-order valence-electron chi connectivity index (χ3n) is 2.40. The monoisotopic (exact) mass is 243 g/mol. The Labute approximate surface area is 108 Å². The lowest BCUT2D eigenvalue weighted by Gasteiger charge is -2.10. The van der Waals surface area contributed by atoms with Crippen LogP contribution in [0.2, 0.25) is 0 Å². The van der Waals surface area contributed by atoms with Crippen molar-refractivity contribution in [2.45, 2.75) is 13.3 Å². The van der Waals surface area contributed by atoms with Crippen molar-refractivity contribution in [1.29, 1.82) is 5.26 Å². The molecule has 0 aliphatic heterocycles. The lowest BCUT2D eigenvalue weighted by molar-refractivity contribution is -0.112. The smallest absolute Gasteiger partial charge is 0.267 e. The van der Waals surface area contributed by atoms with Crippen molar-refractivity contribution in [1.82, 2.24) is 4.90 Å². The molecule has 4 nitrogen and oxygen atoms in total. The fraction of sp³-hybridized carbons (Fsp3) is 0.286. The van der Waals surface area contributed by atoms with Gasteiger partial charge in [-0.1, -0.05) is 25.1 Å². The third-order valence-corrected chi connectivity index (χ3v) is 2.40. The molecule has 0 aliphatic carbocycles. The lowest BCUT2D eigenvalue weighted by Crippen LogP contribution is -2.17. The van der Waals surface area contributed by atoms with Gasteiger partial charge in [0.05, 0.1) is 0 Å². The summed E-state index contributed by atoms with van der Waals surface area (Å²) in [7, 11) is 3.54. The minimum atomic E-state index is -0.382. The molecular weight excluding hydrogens is 226 g/mol. The summed E-state index contributed by atoms with van der Waals surface area (Å²) in [6.07, 6.45) is 2.33. The molecule has 0 radical (unpaired) electrons. The van der Waals surface area contributed by atoms with Gasteiger partial charge in [-0.25, -0.2) is 0 Å². The molecule has 0 aliphatic rings. The van der Waals surface area contributed by atoms with Crippen LogP contribution in [0.4, 0.5) is 5.69 Å². The maximum absolute atomic E-state index is 11.9. The van der Waals surface area contributed by atoms with Crippen LogP contribution in [0.25, 0.3) is 0 Å². The van der Waals surface area contributed by atoms with E-state index in [9.17, 15) is 4.79 Å². The average molecular weight is 243 g/mol. The van der Waals surface area contributed by atoms with Crippen LogP contribution in [-0.2, 0) is 11.2 Å². The maximum Gasteiger partial charge on any atom is 0.267 e. The second-order valence-corrected chi connectivity index (χ2v) is 4.08. The van der Waals surface area contributed by atoms with Gasteiger partial charge in [-0.3, -0.25) is 4.79 Å². The van der Waals surface area contributed by atoms with E-state index in [0.717, 1.165) is 17.7 Å². The standard InChI is InChI=1S/C14H17N3O/c1-4-11-7-5-6-8-13(11)16-14(18)12(9-15)10-17(2)3/h5-8,10H,4H2,1-3H3,(H,16,18)/b12-10+. The van der Waals surface area contributed by atoms with Crippen molar-refractivity contribution in [3.63, 3.8) is 0 Å². The molecule has 0 atom stereocenters. The largest absolute Gasteiger partial charge is 0.382 e. The van der Waals surface area contributed by atoms with E-state index in [1.807, 2.05) is 37.3 Å². The van der Waals surface area contributed by atoms with E-state index < -0.39 is 0 Å². The van der Waals surface area contributed by atoms with Crippen LogP contribution in [0.1, 0.15) is 12.5 Å². The van der Waals surface area contributed by atoms with Gasteiger partial charge in [-0.15, -0.1) is 0 Å². The van der Waals surface area contributed by atoms with Crippen LogP contribution in [0.3, 0.4) is 0 Å². The van der Waals surface area contributed by atoms with Crippen molar-refractivity contribution in [2.75, 3.05) is 19.4 Å². The summed E-state index contributed by atoms with van der Waals surface area (Å²) in [4.78, 5) is 13.6. The van der Waals surface area contributed by atoms with Gasteiger partial charge in [0, 0.05) is 26.0 Å². The van der Waals surface area contributed by atoms with Gasteiger partial charge in [-0.05, 0) is 18.1 Å². The quantitative estimate of drug-likeness (QED) is 0.651. The van der Waals surface area contributed by atoms with Crippen LogP contribution in [-0.4, -0.2) is 24.9 Å². The number of rotatable bonds is 4. The number of amides is 1. The second-order valence-electron chi connectivity index (χ2n) is 4.08. The SMILES string of the molecule is CCc1ccccc1NC(=O)/C(C#N)=C/N(C)C. The molecule has 0 heterocycles. The zero-order valence-corrected chi connectivity index (χ0v) is 10.9. The molecule has 0 aromatic heterocycles. The first-order valence-electron chi connectivity index (χ1n) is 5.76. The van der Waals surface area contributed by atoms with Crippen molar-refractivity contribution >= 4 is 11.6 Å². The normalized spacial score (nSPS) is 10.7. The average Bonchev–Trinajstić information content (AvgIpc) is 2.36. The molecule has 1 rings (SSSR count). The fourth-order valence-corrected chi connectivity index (χ4v) is 1.54. The first-order valence-corrected chi connectivity index (χ1v) is 5.76. The number of hydrogen-bond acceptors (Lipinski definition) is 3. The molecule has 4 heteroatoms. The zero-order chi connectivity index (χ0) is 13.5. The van der Waals surface area contributed by atoms with Gasteiger partial charge in [0.2, 0.25) is 0 Å². The van der Waals surface area contributed by atoms with E-state index in [2.05, 4.69) is 5.32 Å². The first kappa shape index (κ1) is 13.8. The van der Waals surface area contributed by atoms with Crippen LogP contribution in [0.15, 0.2) is 36.0 Å². The van der Waals surface area contributed by atoms with Gasteiger partial charge in [0.15, 0.2) is 0 Å². The highest BCUT2D eigenvalue weighted by Gasteiger charge is 2.11. The summed E-state index contributed by atoms with van der Waals surface area (Å²) < 4.78 is 0. The Morgan fingerprint density at radius 1 is 1.44 bits per heavy atom. The maximum atomic E-state index is 11.9. The Bertz CT molecular complexity index is 498. The molecule has 0 saturated carbocycles. The van der Waals surface area contributed by atoms with Crippen molar-refractivity contribution in [3.8, 4) is 6.07 Å². The Kier molecular flexibility index (Phi) is 4.94. The Morgan fingerprint density at radius 3 is 2.67 bits per heavy atom. The molecule has 18 heavy (non-hydrogen) atoms. The van der Waals surface area contributed by atoms with Crippen LogP contribution < -0.4 is 5.32 Å². The number of hydrogen-bond donors (Lipinski definition) is 1. The molecule has 1 N–H and O–H groups in total.